The maximum Gasteiger partial charge on any atom is 0.167 e. The van der Waals surface area contributed by atoms with Gasteiger partial charge in [-0.3, -0.25) is 4.79 Å². The number of carbonyl (C=O) groups excluding carboxylic acids is 1. The quantitative estimate of drug-likeness (QED) is 0.693. The summed E-state index contributed by atoms with van der Waals surface area (Å²) in [6.07, 6.45) is 9.05. The molecule has 0 aliphatic heterocycles. The third-order valence-corrected chi connectivity index (χ3v) is 3.98. The molecule has 0 heterocycles. The van der Waals surface area contributed by atoms with Crippen molar-refractivity contribution in [3.8, 4) is 0 Å². The molecule has 0 spiro atoms. The normalized spacial score (nSPS) is 26.9. The van der Waals surface area contributed by atoms with Crippen molar-refractivity contribution in [2.75, 3.05) is 7.11 Å². The number of methoxy groups -OCH3 is 1. The molecule has 0 bridgehead atoms. The zero-order valence-electron chi connectivity index (χ0n) is 9.05. The van der Waals surface area contributed by atoms with Crippen LogP contribution in [0.2, 0.25) is 0 Å². The summed E-state index contributed by atoms with van der Waals surface area (Å²) in [6.45, 7) is 0. The molecule has 14 heavy (non-hydrogen) atoms. The van der Waals surface area contributed by atoms with Crippen molar-refractivity contribution in [3.05, 3.63) is 0 Å². The number of ether oxygens (including phenoxy) is 1. The van der Waals surface area contributed by atoms with Crippen molar-refractivity contribution >= 4 is 5.78 Å². The van der Waals surface area contributed by atoms with E-state index in [2.05, 4.69) is 0 Å². The molecule has 0 aromatic rings. The fourth-order valence-electron chi connectivity index (χ4n) is 2.79. The van der Waals surface area contributed by atoms with Crippen LogP contribution < -0.4 is 0 Å². The third kappa shape index (κ3) is 1.60. The molecule has 0 atom stereocenters. The number of Topliss-reactive ketones (excluding diaryl/α,β-unsaturated/α-hetero) is 1. The van der Waals surface area contributed by atoms with Gasteiger partial charge in [-0.15, -0.1) is 0 Å². The van der Waals surface area contributed by atoms with Crippen molar-refractivity contribution < 1.29 is 9.53 Å². The Morgan fingerprint density at radius 1 is 1.14 bits per heavy atom. The molecule has 2 rings (SSSR count). The maximum absolute atomic E-state index is 12.2. The lowest BCUT2D eigenvalue weighted by molar-refractivity contribution is -0.157. The Kier molecular flexibility index (Phi) is 2.91. The maximum atomic E-state index is 12.2. The predicted molar refractivity (Wildman–Crippen MR) is 55.2 cm³/mol. The van der Waals surface area contributed by atoms with Gasteiger partial charge in [0.1, 0.15) is 5.60 Å². The van der Waals surface area contributed by atoms with Crippen LogP contribution in [0.1, 0.15) is 51.4 Å². The molecule has 2 saturated carbocycles. The van der Waals surface area contributed by atoms with Gasteiger partial charge >= 0.3 is 0 Å². The molecule has 0 radical (unpaired) electrons. The molecule has 0 N–H and O–H groups in total. The molecule has 80 valence electrons. The van der Waals surface area contributed by atoms with Gasteiger partial charge in [-0.25, -0.2) is 0 Å². The van der Waals surface area contributed by atoms with Gasteiger partial charge in [0, 0.05) is 13.0 Å². The molecule has 2 nitrogen and oxygen atoms in total. The number of hydrogen-bond donors (Lipinski definition) is 0. The van der Waals surface area contributed by atoms with E-state index in [-0.39, 0.29) is 5.60 Å². The van der Waals surface area contributed by atoms with Crippen LogP contribution in [0.4, 0.5) is 0 Å². The van der Waals surface area contributed by atoms with E-state index in [0.717, 1.165) is 32.1 Å². The highest BCUT2D eigenvalue weighted by molar-refractivity contribution is 5.90. The lowest BCUT2D eigenvalue weighted by Crippen LogP contribution is -2.50. The Bertz CT molecular complexity index is 207. The minimum absolute atomic E-state index is 0.309. The van der Waals surface area contributed by atoms with Gasteiger partial charge in [0.25, 0.3) is 0 Å². The minimum Gasteiger partial charge on any atom is -0.370 e. The van der Waals surface area contributed by atoms with E-state index < -0.39 is 0 Å². The second kappa shape index (κ2) is 4.01. The molecule has 0 amide bonds. The summed E-state index contributed by atoms with van der Waals surface area (Å²) in [5.41, 5.74) is -0.359. The van der Waals surface area contributed by atoms with Gasteiger partial charge < -0.3 is 4.74 Å². The number of hydrogen-bond acceptors (Lipinski definition) is 2. The van der Waals surface area contributed by atoms with Gasteiger partial charge in [0.15, 0.2) is 5.78 Å². The molecular formula is C12H20O2. The van der Waals surface area contributed by atoms with E-state index in [1.807, 2.05) is 0 Å². The van der Waals surface area contributed by atoms with Crippen LogP contribution in [0.25, 0.3) is 0 Å². The van der Waals surface area contributed by atoms with E-state index in [0.29, 0.717) is 11.7 Å². The highest BCUT2D eigenvalue weighted by atomic mass is 16.5. The summed E-state index contributed by atoms with van der Waals surface area (Å²) in [6, 6.07) is 0. The lowest BCUT2D eigenvalue weighted by atomic mass is 9.70. The summed E-state index contributed by atoms with van der Waals surface area (Å²) >= 11 is 0. The molecular weight excluding hydrogens is 176 g/mol. The first-order chi connectivity index (χ1) is 6.78. The first-order valence-corrected chi connectivity index (χ1v) is 5.88. The molecule has 2 fully saturated rings. The van der Waals surface area contributed by atoms with E-state index >= 15 is 0 Å². The molecule has 2 heteroatoms. The van der Waals surface area contributed by atoms with Crippen LogP contribution >= 0.6 is 0 Å². The van der Waals surface area contributed by atoms with Crippen LogP contribution in [0.5, 0.6) is 0 Å². The first kappa shape index (κ1) is 10.2. The average molecular weight is 196 g/mol. The van der Waals surface area contributed by atoms with Crippen molar-refractivity contribution in [1.82, 2.24) is 0 Å². The SMILES string of the molecule is COC1(C(=O)C2CCCCC2)CCC1. The van der Waals surface area contributed by atoms with Gasteiger partial charge in [-0.1, -0.05) is 19.3 Å². The summed E-state index contributed by atoms with van der Waals surface area (Å²) in [5, 5.41) is 0. The van der Waals surface area contributed by atoms with Crippen LogP contribution in [0, 0.1) is 5.92 Å². The van der Waals surface area contributed by atoms with Gasteiger partial charge in [0.05, 0.1) is 0 Å². The summed E-state index contributed by atoms with van der Waals surface area (Å²) < 4.78 is 5.44. The second-order valence-corrected chi connectivity index (χ2v) is 4.75. The standard InChI is InChI=1S/C12H20O2/c1-14-12(8-5-9-12)11(13)10-6-3-2-4-7-10/h10H,2-9H2,1H3. The molecule has 0 aromatic heterocycles. The van der Waals surface area contributed by atoms with E-state index in [1.54, 1.807) is 7.11 Å². The van der Waals surface area contributed by atoms with Crippen LogP contribution in [0.3, 0.4) is 0 Å². The Hall–Kier alpha value is -0.370. The second-order valence-electron chi connectivity index (χ2n) is 4.75. The average Bonchev–Trinajstić information content (AvgIpc) is 2.18. The van der Waals surface area contributed by atoms with Gasteiger partial charge in [0.2, 0.25) is 0 Å². The van der Waals surface area contributed by atoms with Crippen molar-refractivity contribution in [2.45, 2.75) is 57.0 Å². The Labute approximate surface area is 86.0 Å². The summed E-state index contributed by atoms with van der Waals surface area (Å²) in [7, 11) is 1.69. The van der Waals surface area contributed by atoms with E-state index in [1.165, 1.54) is 19.3 Å². The monoisotopic (exact) mass is 196 g/mol. The Morgan fingerprint density at radius 2 is 1.79 bits per heavy atom. The van der Waals surface area contributed by atoms with Gasteiger partial charge in [-0.2, -0.15) is 0 Å². The molecule has 0 unspecified atom stereocenters. The molecule has 0 aromatic carbocycles. The molecule has 2 aliphatic carbocycles. The van der Waals surface area contributed by atoms with Gasteiger partial charge in [-0.05, 0) is 32.1 Å². The van der Waals surface area contributed by atoms with Crippen molar-refractivity contribution in [2.24, 2.45) is 5.92 Å². The van der Waals surface area contributed by atoms with Crippen molar-refractivity contribution in [1.29, 1.82) is 0 Å². The minimum atomic E-state index is -0.359. The summed E-state index contributed by atoms with van der Waals surface area (Å²) in [5.74, 6) is 0.718. The van der Waals surface area contributed by atoms with Crippen LogP contribution in [-0.2, 0) is 9.53 Å². The highest BCUT2D eigenvalue weighted by Gasteiger charge is 2.46. The van der Waals surface area contributed by atoms with Crippen LogP contribution in [0.15, 0.2) is 0 Å². The fourth-order valence-corrected chi connectivity index (χ4v) is 2.79. The van der Waals surface area contributed by atoms with Crippen LogP contribution in [-0.4, -0.2) is 18.5 Å². The Balaban J connectivity index is 1.98. The zero-order chi connectivity index (χ0) is 10.0. The molecule has 2 aliphatic rings. The number of rotatable bonds is 3. The number of ketones is 1. The fraction of sp³-hybridized carbons (Fsp3) is 0.917. The first-order valence-electron chi connectivity index (χ1n) is 5.88. The Morgan fingerprint density at radius 3 is 2.21 bits per heavy atom. The smallest absolute Gasteiger partial charge is 0.167 e. The molecule has 0 saturated heterocycles. The predicted octanol–water partition coefficient (Wildman–Crippen LogP) is 2.70. The lowest BCUT2D eigenvalue weighted by Gasteiger charge is -2.41. The van der Waals surface area contributed by atoms with E-state index in [9.17, 15) is 4.79 Å². The van der Waals surface area contributed by atoms with E-state index in [4.69, 9.17) is 4.74 Å². The largest absolute Gasteiger partial charge is 0.370 e. The highest BCUT2D eigenvalue weighted by Crippen LogP contribution is 2.40. The summed E-state index contributed by atoms with van der Waals surface area (Å²) in [4.78, 5) is 12.2. The topological polar surface area (TPSA) is 26.3 Å². The van der Waals surface area contributed by atoms with Crippen molar-refractivity contribution in [3.63, 3.8) is 0 Å². The number of carbonyl (C=O) groups is 1. The zero-order valence-corrected chi connectivity index (χ0v) is 9.05. The third-order valence-electron chi connectivity index (χ3n) is 3.98.